The van der Waals surface area contributed by atoms with Crippen LogP contribution in [0.5, 0.6) is 0 Å². The number of carbonyl (C=O) groups is 1. The molecule has 0 aliphatic heterocycles. The van der Waals surface area contributed by atoms with Gasteiger partial charge in [-0.25, -0.2) is 4.79 Å². The molecule has 0 fully saturated rings. The molecule has 1 N–H and O–H groups in total. The van der Waals surface area contributed by atoms with Crippen molar-refractivity contribution < 1.29 is 14.8 Å². The van der Waals surface area contributed by atoms with Crippen molar-refractivity contribution in [2.75, 3.05) is 18.0 Å². The Kier molecular flexibility index (Phi) is 5.69. The van der Waals surface area contributed by atoms with Gasteiger partial charge in [-0.2, -0.15) is 0 Å². The minimum atomic E-state index is -1.28. The van der Waals surface area contributed by atoms with E-state index in [1.807, 2.05) is 0 Å². The summed E-state index contributed by atoms with van der Waals surface area (Å²) in [7, 11) is 0. The third-order valence-electron chi connectivity index (χ3n) is 2.94. The topological polar surface area (TPSA) is 83.7 Å². The quantitative estimate of drug-likeness (QED) is 0.615. The number of anilines is 1. The predicted octanol–water partition coefficient (Wildman–Crippen LogP) is 3.41. The van der Waals surface area contributed by atoms with Crippen molar-refractivity contribution in [2.45, 2.75) is 27.7 Å². The van der Waals surface area contributed by atoms with E-state index in [0.717, 1.165) is 13.1 Å². The van der Waals surface area contributed by atoms with Crippen LogP contribution in [-0.2, 0) is 0 Å². The number of aromatic carboxylic acids is 1. The molecule has 0 heterocycles. The van der Waals surface area contributed by atoms with E-state index in [1.165, 1.54) is 12.1 Å². The monoisotopic (exact) mass is 294 g/mol. The number of nitrogens with zero attached hydrogens (tertiary/aromatic N) is 2. The van der Waals surface area contributed by atoms with Gasteiger partial charge in [-0.1, -0.05) is 27.7 Å². The highest BCUT2D eigenvalue weighted by atomic mass is 16.6. The highest BCUT2D eigenvalue weighted by molar-refractivity contribution is 5.93. The third-order valence-corrected chi connectivity index (χ3v) is 2.94. The van der Waals surface area contributed by atoms with Gasteiger partial charge in [-0.15, -0.1) is 0 Å². The summed E-state index contributed by atoms with van der Waals surface area (Å²) in [6, 6.07) is 4.28. The molecule has 116 valence electrons. The molecule has 1 aromatic carbocycles. The Bertz CT molecular complexity index is 516. The van der Waals surface area contributed by atoms with Crippen LogP contribution in [0.4, 0.5) is 11.4 Å². The number of nitro groups is 1. The smallest absolute Gasteiger partial charge is 0.342 e. The summed E-state index contributed by atoms with van der Waals surface area (Å²) in [5.74, 6) is -0.461. The second kappa shape index (κ2) is 7.06. The van der Waals surface area contributed by atoms with Crippen molar-refractivity contribution in [3.05, 3.63) is 33.9 Å². The first-order valence-electron chi connectivity index (χ1n) is 6.99. The first-order valence-corrected chi connectivity index (χ1v) is 6.99. The largest absolute Gasteiger partial charge is 0.477 e. The second-order valence-corrected chi connectivity index (χ2v) is 5.96. The number of benzene rings is 1. The van der Waals surface area contributed by atoms with E-state index >= 15 is 0 Å². The van der Waals surface area contributed by atoms with Crippen molar-refractivity contribution in [1.29, 1.82) is 0 Å². The first-order chi connectivity index (χ1) is 9.72. The molecule has 0 saturated carbocycles. The zero-order valence-electron chi connectivity index (χ0n) is 12.9. The Hall–Kier alpha value is -2.11. The van der Waals surface area contributed by atoms with Gasteiger partial charge in [-0.05, 0) is 24.0 Å². The lowest BCUT2D eigenvalue weighted by Crippen LogP contribution is -2.31. The van der Waals surface area contributed by atoms with E-state index in [9.17, 15) is 14.9 Å². The third kappa shape index (κ3) is 4.73. The minimum Gasteiger partial charge on any atom is -0.477 e. The van der Waals surface area contributed by atoms with Crippen LogP contribution < -0.4 is 4.90 Å². The molecule has 0 saturated heterocycles. The maximum Gasteiger partial charge on any atom is 0.342 e. The standard InChI is InChI=1S/C15H22N2O4/c1-10(2)8-16(9-11(3)4)12-5-6-14(17(20)21)13(7-12)15(18)19/h5-7,10-11H,8-9H2,1-4H3,(H,18,19). The molecule has 0 aromatic heterocycles. The maximum absolute atomic E-state index is 11.2. The van der Waals surface area contributed by atoms with E-state index < -0.39 is 10.9 Å². The average molecular weight is 294 g/mol. The highest BCUT2D eigenvalue weighted by Gasteiger charge is 2.22. The number of hydrogen-bond donors (Lipinski definition) is 1. The molecule has 0 aliphatic carbocycles. The van der Waals surface area contributed by atoms with Gasteiger partial charge >= 0.3 is 5.97 Å². The van der Waals surface area contributed by atoms with Crippen molar-refractivity contribution in [2.24, 2.45) is 11.8 Å². The number of rotatable bonds is 7. The summed E-state index contributed by atoms with van der Waals surface area (Å²) in [5, 5.41) is 20.1. The summed E-state index contributed by atoms with van der Waals surface area (Å²) in [4.78, 5) is 23.5. The molecule has 0 radical (unpaired) electrons. The normalized spacial score (nSPS) is 11.0. The molecule has 21 heavy (non-hydrogen) atoms. The van der Waals surface area contributed by atoms with Gasteiger partial charge in [0.1, 0.15) is 5.56 Å². The lowest BCUT2D eigenvalue weighted by Gasteiger charge is -2.28. The molecule has 0 aliphatic rings. The minimum absolute atomic E-state index is 0.269. The van der Waals surface area contributed by atoms with E-state index in [0.29, 0.717) is 17.5 Å². The Morgan fingerprint density at radius 3 is 2.14 bits per heavy atom. The number of carboxylic acids is 1. The maximum atomic E-state index is 11.2. The van der Waals surface area contributed by atoms with Gasteiger partial charge in [0.05, 0.1) is 4.92 Å². The molecule has 0 unspecified atom stereocenters. The van der Waals surface area contributed by atoms with Crippen molar-refractivity contribution in [3.63, 3.8) is 0 Å². The number of carboxylic acid groups (broad SMARTS) is 1. The van der Waals surface area contributed by atoms with Gasteiger partial charge in [-0.3, -0.25) is 10.1 Å². The fourth-order valence-corrected chi connectivity index (χ4v) is 2.22. The first kappa shape index (κ1) is 16.9. The Labute approximate surface area is 124 Å². The molecular weight excluding hydrogens is 272 g/mol. The number of hydrogen-bond acceptors (Lipinski definition) is 4. The van der Waals surface area contributed by atoms with E-state index in [1.54, 1.807) is 6.07 Å². The lowest BCUT2D eigenvalue weighted by atomic mass is 10.1. The highest BCUT2D eigenvalue weighted by Crippen LogP contribution is 2.26. The summed E-state index contributed by atoms with van der Waals surface area (Å²) in [5.41, 5.74) is 0.0655. The van der Waals surface area contributed by atoms with Crippen LogP contribution in [0.2, 0.25) is 0 Å². The van der Waals surface area contributed by atoms with Gasteiger partial charge in [0.2, 0.25) is 0 Å². The summed E-state index contributed by atoms with van der Waals surface area (Å²) in [6.45, 7) is 9.87. The van der Waals surface area contributed by atoms with Crippen LogP contribution in [-0.4, -0.2) is 29.1 Å². The zero-order chi connectivity index (χ0) is 16.2. The van der Waals surface area contributed by atoms with Crippen LogP contribution in [0.1, 0.15) is 38.1 Å². The zero-order valence-corrected chi connectivity index (χ0v) is 12.9. The molecule has 0 bridgehead atoms. The molecule has 0 spiro atoms. The molecular formula is C15H22N2O4. The van der Waals surface area contributed by atoms with E-state index in [2.05, 4.69) is 32.6 Å². The van der Waals surface area contributed by atoms with Crippen molar-refractivity contribution in [1.82, 2.24) is 0 Å². The summed E-state index contributed by atoms with van der Waals surface area (Å²) < 4.78 is 0. The van der Waals surface area contributed by atoms with E-state index in [-0.39, 0.29) is 11.3 Å². The fraction of sp³-hybridized carbons (Fsp3) is 0.533. The number of nitro benzene ring substituents is 1. The second-order valence-electron chi connectivity index (χ2n) is 5.96. The van der Waals surface area contributed by atoms with Gasteiger partial charge in [0.15, 0.2) is 0 Å². The molecule has 6 nitrogen and oxygen atoms in total. The lowest BCUT2D eigenvalue weighted by molar-refractivity contribution is -0.385. The Morgan fingerprint density at radius 2 is 1.76 bits per heavy atom. The SMILES string of the molecule is CC(C)CN(CC(C)C)c1ccc([N+](=O)[O-])c(C(=O)O)c1. The van der Waals surface area contributed by atoms with Crippen LogP contribution in [0, 0.1) is 22.0 Å². The van der Waals surface area contributed by atoms with E-state index in [4.69, 9.17) is 5.11 Å². The predicted molar refractivity (Wildman–Crippen MR) is 81.9 cm³/mol. The fourth-order valence-electron chi connectivity index (χ4n) is 2.22. The van der Waals surface area contributed by atoms with Crippen LogP contribution in [0.15, 0.2) is 18.2 Å². The van der Waals surface area contributed by atoms with Crippen molar-refractivity contribution in [3.8, 4) is 0 Å². The molecule has 1 rings (SSSR count). The summed E-state index contributed by atoms with van der Waals surface area (Å²) in [6.07, 6.45) is 0. The van der Waals surface area contributed by atoms with Gasteiger partial charge in [0.25, 0.3) is 5.69 Å². The van der Waals surface area contributed by atoms with Crippen LogP contribution >= 0.6 is 0 Å². The molecule has 0 atom stereocenters. The molecule has 6 heteroatoms. The molecule has 0 amide bonds. The summed E-state index contributed by atoms with van der Waals surface area (Å²) >= 11 is 0. The molecule has 1 aromatic rings. The van der Waals surface area contributed by atoms with Gasteiger partial charge < -0.3 is 10.0 Å². The Morgan fingerprint density at radius 1 is 1.24 bits per heavy atom. The van der Waals surface area contributed by atoms with Crippen LogP contribution in [0.25, 0.3) is 0 Å². The van der Waals surface area contributed by atoms with Crippen LogP contribution in [0.3, 0.4) is 0 Å². The average Bonchev–Trinajstić information content (AvgIpc) is 2.35. The van der Waals surface area contributed by atoms with Gasteiger partial charge in [0, 0.05) is 24.8 Å². The van der Waals surface area contributed by atoms with Crippen molar-refractivity contribution >= 4 is 17.3 Å². The Balaban J connectivity index is 3.22.